The van der Waals surface area contributed by atoms with E-state index in [9.17, 15) is 4.79 Å². The van der Waals surface area contributed by atoms with Crippen molar-refractivity contribution in [3.63, 3.8) is 0 Å². The number of carbonyl (C=O) groups excluding carboxylic acids is 1. The summed E-state index contributed by atoms with van der Waals surface area (Å²) in [6, 6.07) is 1.93. The third-order valence-corrected chi connectivity index (χ3v) is 3.20. The number of carbonyl (C=O) groups is 1. The van der Waals surface area contributed by atoms with Crippen molar-refractivity contribution in [2.24, 2.45) is 0 Å². The molecule has 0 amide bonds. The Hall–Kier alpha value is -0.280. The van der Waals surface area contributed by atoms with Crippen LogP contribution in [0, 0.1) is 6.92 Å². The van der Waals surface area contributed by atoms with E-state index in [2.05, 4.69) is 0 Å². The van der Waals surface area contributed by atoms with Gasteiger partial charge in [-0.25, -0.2) is 0 Å². The molecule has 54 valence electrons. The number of rotatable bonds is 2. The highest BCUT2D eigenvalue weighted by Crippen LogP contribution is 2.27. The van der Waals surface area contributed by atoms with Gasteiger partial charge in [0.15, 0.2) is 6.29 Å². The predicted octanol–water partition coefficient (Wildman–Crippen LogP) is 2.59. The molecule has 1 nitrogen and oxygen atoms in total. The fourth-order valence-electron chi connectivity index (χ4n) is 0.748. The molecule has 3 heteroatoms. The Balaban J connectivity index is 3.03. The van der Waals surface area contributed by atoms with E-state index >= 15 is 0 Å². The van der Waals surface area contributed by atoms with Gasteiger partial charge in [-0.05, 0) is 19.2 Å². The zero-order valence-corrected chi connectivity index (χ0v) is 7.51. The lowest BCUT2D eigenvalue weighted by Gasteiger charge is -1.87. The maximum atomic E-state index is 10.3. The van der Waals surface area contributed by atoms with Crippen LogP contribution in [0.4, 0.5) is 0 Å². The van der Waals surface area contributed by atoms with Gasteiger partial charge in [0, 0.05) is 9.77 Å². The third-order valence-electron chi connectivity index (χ3n) is 1.23. The second-order valence-corrected chi connectivity index (χ2v) is 4.03. The fourth-order valence-corrected chi connectivity index (χ4v) is 2.47. The van der Waals surface area contributed by atoms with Gasteiger partial charge in [-0.1, -0.05) is 0 Å². The molecular weight excluding hydrogens is 164 g/mol. The summed E-state index contributed by atoms with van der Waals surface area (Å²) in [6.45, 7) is 2.03. The molecule has 0 N–H and O–H groups in total. The zero-order valence-electron chi connectivity index (χ0n) is 5.88. The van der Waals surface area contributed by atoms with Gasteiger partial charge in [0.1, 0.15) is 0 Å². The molecule has 0 radical (unpaired) electrons. The minimum atomic E-state index is 0.821. The zero-order chi connectivity index (χ0) is 7.56. The molecule has 1 aromatic heterocycles. The van der Waals surface area contributed by atoms with Gasteiger partial charge in [0.25, 0.3) is 0 Å². The Morgan fingerprint density at radius 1 is 1.70 bits per heavy atom. The van der Waals surface area contributed by atoms with Crippen LogP contribution < -0.4 is 0 Å². The maximum absolute atomic E-state index is 10.3. The summed E-state index contributed by atoms with van der Waals surface area (Å²) in [5.41, 5.74) is 0. The average Bonchev–Trinajstić information content (AvgIpc) is 2.30. The molecule has 0 spiro atoms. The largest absolute Gasteiger partial charge is 0.297 e. The number of thioether (sulfide) groups is 1. The minimum absolute atomic E-state index is 0.821. The summed E-state index contributed by atoms with van der Waals surface area (Å²) in [5.74, 6) is 0. The summed E-state index contributed by atoms with van der Waals surface area (Å²) < 4.78 is 0. The smallest absolute Gasteiger partial charge is 0.160 e. The predicted molar refractivity (Wildman–Crippen MR) is 46.2 cm³/mol. The molecule has 0 fully saturated rings. The molecule has 0 bridgehead atoms. The van der Waals surface area contributed by atoms with Crippen LogP contribution in [0.5, 0.6) is 0 Å². The van der Waals surface area contributed by atoms with Crippen molar-refractivity contribution in [3.05, 3.63) is 15.8 Å². The molecule has 1 rings (SSSR count). The van der Waals surface area contributed by atoms with Crippen molar-refractivity contribution in [1.82, 2.24) is 0 Å². The highest BCUT2D eigenvalue weighted by Gasteiger charge is 2.01. The van der Waals surface area contributed by atoms with Crippen LogP contribution in [0.25, 0.3) is 0 Å². The Morgan fingerprint density at radius 2 is 2.40 bits per heavy atom. The van der Waals surface area contributed by atoms with Crippen molar-refractivity contribution in [2.75, 3.05) is 6.26 Å². The lowest BCUT2D eigenvalue weighted by molar-refractivity contribution is 0.112. The second kappa shape index (κ2) is 3.21. The lowest BCUT2D eigenvalue weighted by atomic mass is 10.4. The molecule has 0 aliphatic carbocycles. The second-order valence-electron chi connectivity index (χ2n) is 1.89. The van der Waals surface area contributed by atoms with Gasteiger partial charge in [0.05, 0.1) is 4.88 Å². The van der Waals surface area contributed by atoms with Crippen molar-refractivity contribution in [2.45, 2.75) is 11.8 Å². The van der Waals surface area contributed by atoms with Crippen LogP contribution in [0.3, 0.4) is 0 Å². The summed E-state index contributed by atoms with van der Waals surface area (Å²) in [5, 5.41) is 0. The number of hydrogen-bond acceptors (Lipinski definition) is 3. The topological polar surface area (TPSA) is 17.1 Å². The van der Waals surface area contributed by atoms with Crippen molar-refractivity contribution in [3.8, 4) is 0 Å². The van der Waals surface area contributed by atoms with Gasteiger partial charge in [0.2, 0.25) is 0 Å². The normalized spacial score (nSPS) is 9.80. The van der Waals surface area contributed by atoms with Gasteiger partial charge in [-0.2, -0.15) is 0 Å². The van der Waals surface area contributed by atoms with E-state index in [1.54, 1.807) is 23.1 Å². The Labute approximate surface area is 68.5 Å². The minimum Gasteiger partial charge on any atom is -0.297 e. The molecule has 0 saturated carbocycles. The van der Waals surface area contributed by atoms with Gasteiger partial charge < -0.3 is 0 Å². The van der Waals surface area contributed by atoms with Crippen LogP contribution in [0.2, 0.25) is 0 Å². The van der Waals surface area contributed by atoms with Crippen LogP contribution in [-0.2, 0) is 0 Å². The van der Waals surface area contributed by atoms with Crippen molar-refractivity contribution in [1.29, 1.82) is 0 Å². The Morgan fingerprint density at radius 3 is 2.70 bits per heavy atom. The van der Waals surface area contributed by atoms with Crippen LogP contribution in [0.1, 0.15) is 14.5 Å². The van der Waals surface area contributed by atoms with E-state index in [0.717, 1.165) is 11.2 Å². The average molecular weight is 172 g/mol. The first-order valence-corrected chi connectivity index (χ1v) is 4.91. The van der Waals surface area contributed by atoms with E-state index in [-0.39, 0.29) is 0 Å². The number of thiophene rings is 1. The van der Waals surface area contributed by atoms with Crippen LogP contribution >= 0.6 is 23.1 Å². The van der Waals surface area contributed by atoms with Gasteiger partial charge >= 0.3 is 0 Å². The van der Waals surface area contributed by atoms with E-state index < -0.39 is 0 Å². The first kappa shape index (κ1) is 7.82. The van der Waals surface area contributed by atoms with Crippen molar-refractivity contribution >= 4 is 29.4 Å². The van der Waals surface area contributed by atoms with Gasteiger partial charge in [-0.3, -0.25) is 4.79 Å². The van der Waals surface area contributed by atoms with Crippen molar-refractivity contribution < 1.29 is 4.79 Å². The molecule has 1 aromatic rings. The molecule has 0 aliphatic rings. The first-order chi connectivity index (χ1) is 4.77. The lowest BCUT2D eigenvalue weighted by Crippen LogP contribution is -1.65. The first-order valence-electron chi connectivity index (χ1n) is 2.87. The fraction of sp³-hybridized carbons (Fsp3) is 0.286. The quantitative estimate of drug-likeness (QED) is 0.504. The summed E-state index contributed by atoms with van der Waals surface area (Å²) >= 11 is 3.23. The molecule has 0 atom stereocenters. The number of hydrogen-bond donors (Lipinski definition) is 0. The summed E-state index contributed by atoms with van der Waals surface area (Å²) in [4.78, 5) is 13.6. The number of aldehydes is 1. The van der Waals surface area contributed by atoms with E-state index in [4.69, 9.17) is 0 Å². The Bertz CT molecular complexity index is 240. The molecule has 0 unspecified atom stereocenters. The van der Waals surface area contributed by atoms with Crippen LogP contribution in [-0.4, -0.2) is 12.5 Å². The highest BCUT2D eigenvalue weighted by atomic mass is 32.2. The van der Waals surface area contributed by atoms with Gasteiger partial charge in [-0.15, -0.1) is 23.1 Å². The molecule has 10 heavy (non-hydrogen) atoms. The standard InChI is InChI=1S/C7H8OS2/c1-5-7(9-2)3-6(4-8)10-5/h3-4H,1-2H3. The molecule has 0 aromatic carbocycles. The van der Waals surface area contributed by atoms with Crippen LogP contribution in [0.15, 0.2) is 11.0 Å². The van der Waals surface area contributed by atoms with E-state index in [0.29, 0.717) is 0 Å². The van der Waals surface area contributed by atoms with E-state index in [1.165, 1.54) is 9.77 Å². The summed E-state index contributed by atoms with van der Waals surface area (Å²) in [7, 11) is 0. The molecule has 0 aliphatic heterocycles. The summed E-state index contributed by atoms with van der Waals surface area (Å²) in [6.07, 6.45) is 2.92. The SMILES string of the molecule is CSc1cc(C=O)sc1C. The maximum Gasteiger partial charge on any atom is 0.160 e. The molecule has 0 saturated heterocycles. The van der Waals surface area contributed by atoms with E-state index in [1.807, 2.05) is 19.2 Å². The number of aryl methyl sites for hydroxylation is 1. The molecular formula is C7H8OS2. The third kappa shape index (κ3) is 1.41. The molecule has 1 heterocycles. The monoisotopic (exact) mass is 172 g/mol. The Kier molecular flexibility index (Phi) is 2.51. The highest BCUT2D eigenvalue weighted by molar-refractivity contribution is 7.98.